The van der Waals surface area contributed by atoms with Crippen LogP contribution in [-0.4, -0.2) is 28.1 Å². The van der Waals surface area contributed by atoms with E-state index in [4.69, 9.17) is 4.74 Å². The van der Waals surface area contributed by atoms with Crippen molar-refractivity contribution in [1.29, 1.82) is 0 Å². The zero-order valence-corrected chi connectivity index (χ0v) is 12.3. The maximum Gasteiger partial charge on any atom is 0.194 e. The number of fused-ring (bicyclic) bond motifs is 1. The van der Waals surface area contributed by atoms with Crippen LogP contribution in [0, 0.1) is 6.92 Å². The summed E-state index contributed by atoms with van der Waals surface area (Å²) in [5, 5.41) is 5.52. The highest BCUT2D eigenvalue weighted by Crippen LogP contribution is 2.16. The molecule has 100 valence electrons. The highest BCUT2D eigenvalue weighted by atomic mass is 32.1. The number of aryl methyl sites for hydroxylation is 1. The van der Waals surface area contributed by atoms with Crippen LogP contribution in [0.4, 0.5) is 0 Å². The molecule has 0 aliphatic carbocycles. The molecule has 0 radical (unpaired) electrons. The zero-order valence-electron chi connectivity index (χ0n) is 11.5. The lowest BCUT2D eigenvalue weighted by atomic mass is 10.1. The first-order chi connectivity index (χ1) is 8.53. The lowest BCUT2D eigenvalue weighted by Crippen LogP contribution is -2.37. The van der Waals surface area contributed by atoms with Crippen molar-refractivity contribution in [3.05, 3.63) is 23.0 Å². The minimum atomic E-state index is -0.124. The van der Waals surface area contributed by atoms with Gasteiger partial charge in [-0.15, -0.1) is 11.3 Å². The minimum absolute atomic E-state index is 0.124. The van der Waals surface area contributed by atoms with Crippen LogP contribution in [-0.2, 0) is 11.3 Å². The molecule has 2 aromatic rings. The lowest BCUT2D eigenvalue weighted by molar-refractivity contribution is -0.00903. The van der Waals surface area contributed by atoms with E-state index >= 15 is 0 Å². The third kappa shape index (κ3) is 2.91. The number of rotatable bonds is 6. The van der Waals surface area contributed by atoms with Gasteiger partial charge in [-0.25, -0.2) is 4.98 Å². The van der Waals surface area contributed by atoms with E-state index in [0.717, 1.165) is 30.4 Å². The van der Waals surface area contributed by atoms with E-state index in [1.165, 1.54) is 5.69 Å². The van der Waals surface area contributed by atoms with Crippen LogP contribution in [0.5, 0.6) is 0 Å². The van der Waals surface area contributed by atoms with E-state index in [1.54, 1.807) is 11.3 Å². The number of nitrogens with one attached hydrogen (secondary N) is 1. The van der Waals surface area contributed by atoms with Crippen molar-refractivity contribution >= 4 is 16.3 Å². The van der Waals surface area contributed by atoms with Gasteiger partial charge in [-0.05, 0) is 27.7 Å². The van der Waals surface area contributed by atoms with Gasteiger partial charge in [-0.2, -0.15) is 0 Å². The standard InChI is InChI=1S/C13H21N3OS/c1-5-17-13(3,4)9-14-8-11-10(2)15-12-16(11)6-7-18-12/h6-7,14H,5,8-9H2,1-4H3. The van der Waals surface area contributed by atoms with Gasteiger partial charge in [0.05, 0.1) is 17.0 Å². The van der Waals surface area contributed by atoms with Crippen molar-refractivity contribution in [3.63, 3.8) is 0 Å². The molecule has 0 fully saturated rings. The van der Waals surface area contributed by atoms with Crippen molar-refractivity contribution in [2.24, 2.45) is 0 Å². The number of ether oxygens (including phenoxy) is 1. The second-order valence-corrected chi connectivity index (χ2v) is 5.87. The average molecular weight is 267 g/mol. The predicted octanol–water partition coefficient (Wildman–Crippen LogP) is 2.61. The molecule has 0 aromatic carbocycles. The Hall–Kier alpha value is -0.910. The normalized spacial score (nSPS) is 12.4. The van der Waals surface area contributed by atoms with Gasteiger partial charge in [0.1, 0.15) is 0 Å². The molecule has 0 spiro atoms. The first kappa shape index (κ1) is 13.5. The molecule has 0 bridgehead atoms. The summed E-state index contributed by atoms with van der Waals surface area (Å²) >= 11 is 1.67. The van der Waals surface area contributed by atoms with Gasteiger partial charge < -0.3 is 10.1 Å². The third-order valence-corrected chi connectivity index (χ3v) is 3.70. The minimum Gasteiger partial charge on any atom is -0.375 e. The zero-order chi connectivity index (χ0) is 13.2. The van der Waals surface area contributed by atoms with Gasteiger partial charge in [0.25, 0.3) is 0 Å². The fraction of sp³-hybridized carbons (Fsp3) is 0.615. The molecule has 4 nitrogen and oxygen atoms in total. The van der Waals surface area contributed by atoms with Crippen LogP contribution in [0.3, 0.4) is 0 Å². The Bertz CT molecular complexity index is 515. The quantitative estimate of drug-likeness (QED) is 0.874. The van der Waals surface area contributed by atoms with Gasteiger partial charge in [0.15, 0.2) is 4.96 Å². The summed E-state index contributed by atoms with van der Waals surface area (Å²) in [6.45, 7) is 10.7. The molecule has 5 heteroatoms. The maximum atomic E-state index is 5.67. The van der Waals surface area contributed by atoms with E-state index in [-0.39, 0.29) is 5.60 Å². The SMILES string of the molecule is CCOC(C)(C)CNCc1c(C)nc2sccn12. The molecule has 18 heavy (non-hydrogen) atoms. The van der Waals surface area contributed by atoms with Gasteiger partial charge in [0.2, 0.25) is 0 Å². The van der Waals surface area contributed by atoms with Crippen molar-refractivity contribution in [2.75, 3.05) is 13.2 Å². The van der Waals surface area contributed by atoms with Crippen LogP contribution in [0.25, 0.3) is 4.96 Å². The number of imidazole rings is 1. The summed E-state index contributed by atoms with van der Waals surface area (Å²) in [6.07, 6.45) is 2.07. The monoisotopic (exact) mass is 267 g/mol. The van der Waals surface area contributed by atoms with Gasteiger partial charge in [-0.1, -0.05) is 0 Å². The van der Waals surface area contributed by atoms with Gasteiger partial charge in [0, 0.05) is 31.3 Å². The molecular formula is C13H21N3OS. The first-order valence-electron chi connectivity index (χ1n) is 6.29. The second kappa shape index (κ2) is 5.38. The molecule has 0 amide bonds. The van der Waals surface area contributed by atoms with Crippen molar-refractivity contribution in [2.45, 2.75) is 39.8 Å². The van der Waals surface area contributed by atoms with Crippen LogP contribution < -0.4 is 5.32 Å². The smallest absolute Gasteiger partial charge is 0.194 e. The number of hydrogen-bond donors (Lipinski definition) is 1. The highest BCUT2D eigenvalue weighted by molar-refractivity contribution is 7.15. The Labute approximate surface area is 112 Å². The van der Waals surface area contributed by atoms with Crippen molar-refractivity contribution in [3.8, 4) is 0 Å². The largest absolute Gasteiger partial charge is 0.375 e. The molecule has 1 N–H and O–H groups in total. The van der Waals surface area contributed by atoms with Crippen molar-refractivity contribution in [1.82, 2.24) is 14.7 Å². The summed E-state index contributed by atoms with van der Waals surface area (Å²) < 4.78 is 7.82. The topological polar surface area (TPSA) is 38.6 Å². The van der Waals surface area contributed by atoms with Crippen LogP contribution in [0.15, 0.2) is 11.6 Å². The molecule has 2 aromatic heterocycles. The van der Waals surface area contributed by atoms with Gasteiger partial charge in [-0.3, -0.25) is 4.40 Å². The van der Waals surface area contributed by atoms with E-state index in [2.05, 4.69) is 47.0 Å². The lowest BCUT2D eigenvalue weighted by Gasteiger charge is -2.25. The van der Waals surface area contributed by atoms with Crippen LogP contribution in [0.2, 0.25) is 0 Å². The van der Waals surface area contributed by atoms with Gasteiger partial charge >= 0.3 is 0 Å². The summed E-state index contributed by atoms with van der Waals surface area (Å²) in [5.41, 5.74) is 2.21. The molecule has 0 saturated carbocycles. The Kier molecular flexibility index (Phi) is 4.04. The molecule has 2 heterocycles. The summed E-state index contributed by atoms with van der Waals surface area (Å²) in [7, 11) is 0. The summed E-state index contributed by atoms with van der Waals surface area (Å²) in [5.74, 6) is 0. The predicted molar refractivity (Wildman–Crippen MR) is 75.2 cm³/mol. The summed E-state index contributed by atoms with van der Waals surface area (Å²) in [4.78, 5) is 5.60. The highest BCUT2D eigenvalue weighted by Gasteiger charge is 2.17. The van der Waals surface area contributed by atoms with E-state index in [1.807, 2.05) is 6.92 Å². The Morgan fingerprint density at radius 2 is 2.28 bits per heavy atom. The second-order valence-electron chi connectivity index (χ2n) is 5.00. The molecule has 0 unspecified atom stereocenters. The maximum absolute atomic E-state index is 5.67. The van der Waals surface area contributed by atoms with E-state index < -0.39 is 0 Å². The number of nitrogens with zero attached hydrogens (tertiary/aromatic N) is 2. The third-order valence-electron chi connectivity index (χ3n) is 2.94. The molecule has 0 atom stereocenters. The number of aromatic nitrogens is 2. The Morgan fingerprint density at radius 3 is 3.00 bits per heavy atom. The van der Waals surface area contributed by atoms with Crippen LogP contribution in [0.1, 0.15) is 32.2 Å². The first-order valence-corrected chi connectivity index (χ1v) is 7.17. The van der Waals surface area contributed by atoms with Crippen molar-refractivity contribution < 1.29 is 4.74 Å². The molecule has 0 aliphatic rings. The number of hydrogen-bond acceptors (Lipinski definition) is 4. The fourth-order valence-corrected chi connectivity index (χ4v) is 2.86. The van der Waals surface area contributed by atoms with Crippen LogP contribution >= 0.6 is 11.3 Å². The summed E-state index contributed by atoms with van der Waals surface area (Å²) in [6, 6.07) is 0. The molecule has 2 rings (SSSR count). The fourth-order valence-electron chi connectivity index (χ4n) is 2.08. The molecule has 0 saturated heterocycles. The van der Waals surface area contributed by atoms with E-state index in [0.29, 0.717) is 0 Å². The molecular weight excluding hydrogens is 246 g/mol. The number of thiazole rings is 1. The Morgan fingerprint density at radius 1 is 1.50 bits per heavy atom. The average Bonchev–Trinajstić information content (AvgIpc) is 2.81. The Balaban J connectivity index is 1.98. The molecule has 0 aliphatic heterocycles. The van der Waals surface area contributed by atoms with E-state index in [9.17, 15) is 0 Å².